The van der Waals surface area contributed by atoms with Gasteiger partial charge >= 0.3 is 0 Å². The number of amides is 1. The Morgan fingerprint density at radius 1 is 1.06 bits per heavy atom. The molecule has 0 saturated heterocycles. The minimum Gasteiger partial charge on any atom is -0.497 e. The van der Waals surface area contributed by atoms with Gasteiger partial charge in [-0.15, -0.1) is 0 Å². The van der Waals surface area contributed by atoms with Crippen LogP contribution in [0.2, 0.25) is 0 Å². The van der Waals surface area contributed by atoms with E-state index in [0.717, 1.165) is 39.9 Å². The largest absolute Gasteiger partial charge is 0.497 e. The van der Waals surface area contributed by atoms with Crippen molar-refractivity contribution in [3.8, 4) is 5.75 Å². The first-order valence-electron chi connectivity index (χ1n) is 10.1. The molecule has 156 valence electrons. The average Bonchev–Trinajstić information content (AvgIpc) is 3.17. The van der Waals surface area contributed by atoms with Crippen molar-refractivity contribution in [3.05, 3.63) is 101 Å². The minimum absolute atomic E-state index is 0.139. The van der Waals surface area contributed by atoms with Gasteiger partial charge in [0.2, 0.25) is 0 Å². The smallest absolute Gasteiger partial charge is 0.257 e. The zero-order chi connectivity index (χ0) is 21.5. The number of nitrogens with one attached hydrogen (secondary N) is 1. The molecule has 31 heavy (non-hydrogen) atoms. The van der Waals surface area contributed by atoms with Gasteiger partial charge in [-0.2, -0.15) is 0 Å². The molecule has 1 atom stereocenters. The monoisotopic (exact) mass is 418 g/mol. The Morgan fingerprint density at radius 3 is 2.58 bits per heavy atom. The number of aromatic amines is 1. The third-order valence-corrected chi connectivity index (χ3v) is 5.89. The van der Waals surface area contributed by atoms with Gasteiger partial charge in [-0.1, -0.05) is 30.3 Å². The van der Waals surface area contributed by atoms with E-state index in [-0.39, 0.29) is 5.56 Å². The van der Waals surface area contributed by atoms with E-state index in [2.05, 4.69) is 11.1 Å². The van der Waals surface area contributed by atoms with Crippen molar-refractivity contribution in [2.45, 2.75) is 12.5 Å². The fourth-order valence-electron chi connectivity index (χ4n) is 4.41. The molecule has 1 aromatic heterocycles. The van der Waals surface area contributed by atoms with Gasteiger partial charge in [-0.25, -0.2) is 8.78 Å². The van der Waals surface area contributed by atoms with E-state index >= 15 is 0 Å². The van der Waals surface area contributed by atoms with Crippen LogP contribution in [0.15, 0.2) is 66.7 Å². The zero-order valence-corrected chi connectivity index (χ0v) is 16.9. The molecule has 0 radical (unpaired) electrons. The van der Waals surface area contributed by atoms with Crippen molar-refractivity contribution >= 4 is 16.8 Å². The second-order valence-electron chi connectivity index (χ2n) is 7.61. The van der Waals surface area contributed by atoms with Crippen LogP contribution in [-0.2, 0) is 6.42 Å². The van der Waals surface area contributed by atoms with Crippen LogP contribution in [0.3, 0.4) is 0 Å². The molecule has 1 aliphatic rings. The van der Waals surface area contributed by atoms with Gasteiger partial charge < -0.3 is 14.6 Å². The molecule has 0 saturated carbocycles. The van der Waals surface area contributed by atoms with Crippen LogP contribution in [-0.4, -0.2) is 29.4 Å². The summed E-state index contributed by atoms with van der Waals surface area (Å²) in [4.78, 5) is 18.5. The van der Waals surface area contributed by atoms with E-state index < -0.39 is 23.6 Å². The van der Waals surface area contributed by atoms with Gasteiger partial charge in [-0.3, -0.25) is 4.79 Å². The summed E-state index contributed by atoms with van der Waals surface area (Å²) in [5.74, 6) is -1.33. The maximum absolute atomic E-state index is 14.4. The number of para-hydroxylation sites is 1. The Morgan fingerprint density at radius 2 is 1.84 bits per heavy atom. The lowest BCUT2D eigenvalue weighted by atomic mass is 9.91. The van der Waals surface area contributed by atoms with Crippen molar-refractivity contribution < 1.29 is 18.3 Å². The zero-order valence-electron chi connectivity index (χ0n) is 16.9. The minimum atomic E-state index is -0.860. The third-order valence-electron chi connectivity index (χ3n) is 5.89. The fraction of sp³-hybridized carbons (Fsp3) is 0.160. The molecule has 4 aromatic rings. The van der Waals surface area contributed by atoms with Crippen molar-refractivity contribution in [1.82, 2.24) is 9.88 Å². The van der Waals surface area contributed by atoms with Crippen LogP contribution in [0, 0.1) is 11.6 Å². The highest BCUT2D eigenvalue weighted by Crippen LogP contribution is 2.39. The number of carbonyl (C=O) groups is 1. The maximum Gasteiger partial charge on any atom is 0.257 e. The molecule has 4 nitrogen and oxygen atoms in total. The van der Waals surface area contributed by atoms with Crippen molar-refractivity contribution in [2.75, 3.05) is 13.7 Å². The van der Waals surface area contributed by atoms with Crippen molar-refractivity contribution in [3.63, 3.8) is 0 Å². The Hall–Kier alpha value is -3.67. The van der Waals surface area contributed by atoms with E-state index in [1.807, 2.05) is 42.5 Å². The topological polar surface area (TPSA) is 45.3 Å². The SMILES string of the molecule is COc1ccc([C@H]2c3[nH]c4ccccc4c3CCN2C(=O)c2ccc(F)cc2F)cc1. The lowest BCUT2D eigenvalue weighted by Crippen LogP contribution is -2.41. The molecule has 2 heterocycles. The van der Waals surface area contributed by atoms with Gasteiger partial charge in [-0.05, 0) is 47.9 Å². The quantitative estimate of drug-likeness (QED) is 0.494. The van der Waals surface area contributed by atoms with Crippen molar-refractivity contribution in [2.24, 2.45) is 0 Å². The Bertz CT molecular complexity index is 1280. The van der Waals surface area contributed by atoms with Crippen LogP contribution in [0.4, 0.5) is 8.78 Å². The predicted octanol–water partition coefficient (Wildman–Crippen LogP) is 5.24. The summed E-state index contributed by atoms with van der Waals surface area (Å²) >= 11 is 0. The average molecular weight is 418 g/mol. The molecule has 0 aliphatic carbocycles. The van der Waals surface area contributed by atoms with E-state index in [1.54, 1.807) is 12.0 Å². The fourth-order valence-corrected chi connectivity index (χ4v) is 4.41. The first-order chi connectivity index (χ1) is 15.1. The summed E-state index contributed by atoms with van der Waals surface area (Å²) in [5.41, 5.74) is 3.80. The number of halogens is 2. The molecule has 0 unspecified atom stereocenters. The molecular weight excluding hydrogens is 398 g/mol. The Labute approximate surface area is 178 Å². The summed E-state index contributed by atoms with van der Waals surface area (Å²) in [6.45, 7) is 0.418. The third kappa shape index (κ3) is 3.24. The lowest BCUT2D eigenvalue weighted by Gasteiger charge is -2.36. The summed E-state index contributed by atoms with van der Waals surface area (Å²) in [7, 11) is 1.60. The number of rotatable bonds is 3. The summed E-state index contributed by atoms with van der Waals surface area (Å²) in [6.07, 6.45) is 0.639. The molecule has 3 aromatic carbocycles. The van der Waals surface area contributed by atoms with Crippen LogP contribution < -0.4 is 4.74 Å². The maximum atomic E-state index is 14.4. The standard InChI is InChI=1S/C25H20F2N2O2/c1-31-17-9-6-15(7-10-17)24-23-19(18-4-2-3-5-22(18)28-23)12-13-29(24)25(30)20-11-8-16(26)14-21(20)27/h2-11,14,24,28H,12-13H2,1H3/t24-/m0/s1. The number of nitrogens with zero attached hydrogens (tertiary/aromatic N) is 1. The Kier molecular flexibility index (Phi) is 4.70. The number of fused-ring (bicyclic) bond motifs is 3. The van der Waals surface area contributed by atoms with Gasteiger partial charge in [0.15, 0.2) is 0 Å². The van der Waals surface area contributed by atoms with Gasteiger partial charge in [0.05, 0.1) is 18.7 Å². The second-order valence-corrected chi connectivity index (χ2v) is 7.61. The van der Waals surface area contributed by atoms with E-state index in [0.29, 0.717) is 18.7 Å². The number of ether oxygens (including phenoxy) is 1. The molecule has 0 fully saturated rings. The van der Waals surface area contributed by atoms with Crippen LogP contribution in [0.1, 0.15) is 33.2 Å². The summed E-state index contributed by atoms with van der Waals surface area (Å²) in [6, 6.07) is 18.1. The number of benzene rings is 3. The molecule has 1 N–H and O–H groups in total. The van der Waals surface area contributed by atoms with E-state index in [1.165, 1.54) is 6.07 Å². The molecule has 0 bridgehead atoms. The first-order valence-corrected chi connectivity index (χ1v) is 10.1. The van der Waals surface area contributed by atoms with Crippen molar-refractivity contribution in [1.29, 1.82) is 0 Å². The highest BCUT2D eigenvalue weighted by molar-refractivity contribution is 5.96. The van der Waals surface area contributed by atoms with Gasteiger partial charge in [0, 0.05) is 29.2 Å². The Balaban J connectivity index is 1.65. The lowest BCUT2D eigenvalue weighted by molar-refractivity contribution is 0.0687. The second kappa shape index (κ2) is 7.54. The van der Waals surface area contributed by atoms with Gasteiger partial charge in [0.25, 0.3) is 5.91 Å². The number of carbonyl (C=O) groups excluding carboxylic acids is 1. The molecule has 1 amide bonds. The van der Waals surface area contributed by atoms with Crippen LogP contribution in [0.5, 0.6) is 5.75 Å². The number of hydrogen-bond donors (Lipinski definition) is 1. The van der Waals surface area contributed by atoms with Gasteiger partial charge in [0.1, 0.15) is 17.4 Å². The first kappa shape index (κ1) is 19.3. The number of hydrogen-bond acceptors (Lipinski definition) is 2. The molecule has 6 heteroatoms. The number of methoxy groups -OCH3 is 1. The summed E-state index contributed by atoms with van der Waals surface area (Å²) in [5, 5.41) is 1.12. The molecule has 5 rings (SSSR count). The predicted molar refractivity (Wildman–Crippen MR) is 114 cm³/mol. The summed E-state index contributed by atoms with van der Waals surface area (Å²) < 4.78 is 33.1. The van der Waals surface area contributed by atoms with Crippen LogP contribution in [0.25, 0.3) is 10.9 Å². The molecule has 1 aliphatic heterocycles. The van der Waals surface area contributed by atoms with E-state index in [9.17, 15) is 13.6 Å². The van der Waals surface area contributed by atoms with E-state index in [4.69, 9.17) is 4.74 Å². The number of aromatic nitrogens is 1. The molecular formula is C25H20F2N2O2. The van der Waals surface area contributed by atoms with Crippen LogP contribution >= 0.6 is 0 Å². The highest BCUT2D eigenvalue weighted by atomic mass is 19.1. The number of H-pyrrole nitrogens is 1. The normalized spacial score (nSPS) is 15.7. The molecule has 0 spiro atoms. The highest BCUT2D eigenvalue weighted by Gasteiger charge is 2.35.